The van der Waals surface area contributed by atoms with E-state index in [2.05, 4.69) is 10.2 Å². The number of nitrogens with one attached hydrogen (secondary N) is 1. The lowest BCUT2D eigenvalue weighted by atomic mass is 10.1. The van der Waals surface area contributed by atoms with Crippen LogP contribution in [0.25, 0.3) is 16.9 Å². The largest absolute Gasteiger partial charge is 0.378 e. The zero-order valence-electron chi connectivity index (χ0n) is 20.7. The standard InChI is InChI=1S/C29H29N5O3/c1-32(21-28(35)30-23-12-14-24(15-13-23)33-16-18-37-19-17-33)29(36)27-20-26(22-8-4-2-5-9-22)31-34(27)25-10-6-3-7-11-25/h2-15,20H,16-19,21H2,1H3,(H,30,35). The average Bonchev–Trinajstić information content (AvgIpc) is 3.40. The zero-order valence-corrected chi connectivity index (χ0v) is 20.7. The van der Waals surface area contributed by atoms with Gasteiger partial charge in [0.1, 0.15) is 5.69 Å². The smallest absolute Gasteiger partial charge is 0.272 e. The fraction of sp³-hybridized carbons (Fsp3) is 0.207. The molecule has 0 atom stereocenters. The van der Waals surface area contributed by atoms with Crippen molar-refractivity contribution in [1.82, 2.24) is 14.7 Å². The predicted molar refractivity (Wildman–Crippen MR) is 144 cm³/mol. The minimum Gasteiger partial charge on any atom is -0.378 e. The summed E-state index contributed by atoms with van der Waals surface area (Å²) in [6, 6.07) is 28.7. The number of carbonyl (C=O) groups is 2. The molecule has 2 heterocycles. The molecule has 0 spiro atoms. The Bertz CT molecular complexity index is 1350. The van der Waals surface area contributed by atoms with Crippen LogP contribution in [0, 0.1) is 0 Å². The molecule has 37 heavy (non-hydrogen) atoms. The third kappa shape index (κ3) is 5.70. The average molecular weight is 496 g/mol. The van der Waals surface area contributed by atoms with Crippen molar-refractivity contribution in [1.29, 1.82) is 0 Å². The molecule has 0 aliphatic carbocycles. The number of carbonyl (C=O) groups excluding carboxylic acids is 2. The Morgan fingerprint density at radius 3 is 2.22 bits per heavy atom. The summed E-state index contributed by atoms with van der Waals surface area (Å²) >= 11 is 0. The fourth-order valence-electron chi connectivity index (χ4n) is 4.31. The number of hydrogen-bond acceptors (Lipinski definition) is 5. The van der Waals surface area contributed by atoms with Crippen LogP contribution in [-0.2, 0) is 9.53 Å². The maximum absolute atomic E-state index is 13.5. The number of anilines is 2. The van der Waals surface area contributed by atoms with Gasteiger partial charge < -0.3 is 19.9 Å². The summed E-state index contributed by atoms with van der Waals surface area (Å²) in [4.78, 5) is 29.9. The van der Waals surface area contributed by atoms with Gasteiger partial charge in [-0.25, -0.2) is 4.68 Å². The fourth-order valence-corrected chi connectivity index (χ4v) is 4.31. The van der Waals surface area contributed by atoms with Crippen molar-refractivity contribution in [2.24, 2.45) is 0 Å². The SMILES string of the molecule is CN(CC(=O)Nc1ccc(N2CCOCC2)cc1)C(=O)c1cc(-c2ccccc2)nn1-c1ccccc1. The molecule has 0 unspecified atom stereocenters. The first-order valence-corrected chi connectivity index (χ1v) is 12.3. The normalized spacial score (nSPS) is 13.3. The number of nitrogens with zero attached hydrogens (tertiary/aromatic N) is 4. The number of likely N-dealkylation sites (N-methyl/N-ethyl adjacent to an activating group) is 1. The van der Waals surface area contributed by atoms with Gasteiger partial charge in [0.2, 0.25) is 5.91 Å². The molecule has 0 radical (unpaired) electrons. The molecular weight excluding hydrogens is 466 g/mol. The first kappa shape index (κ1) is 24.3. The second-order valence-corrected chi connectivity index (χ2v) is 8.88. The minimum atomic E-state index is -0.295. The van der Waals surface area contributed by atoms with Crippen LogP contribution in [0.5, 0.6) is 0 Å². The van der Waals surface area contributed by atoms with Gasteiger partial charge in [-0.2, -0.15) is 5.10 Å². The molecule has 0 bridgehead atoms. The molecule has 5 rings (SSSR count). The van der Waals surface area contributed by atoms with Crippen LogP contribution in [0.15, 0.2) is 91.0 Å². The monoisotopic (exact) mass is 495 g/mol. The van der Waals surface area contributed by atoms with Gasteiger partial charge in [0, 0.05) is 37.1 Å². The Balaban J connectivity index is 1.29. The highest BCUT2D eigenvalue weighted by atomic mass is 16.5. The van der Waals surface area contributed by atoms with E-state index in [4.69, 9.17) is 9.84 Å². The van der Waals surface area contributed by atoms with Gasteiger partial charge >= 0.3 is 0 Å². The highest BCUT2D eigenvalue weighted by Gasteiger charge is 2.22. The highest BCUT2D eigenvalue weighted by Crippen LogP contribution is 2.23. The van der Waals surface area contributed by atoms with Crippen molar-refractivity contribution < 1.29 is 14.3 Å². The Labute approximate surface area is 216 Å². The molecule has 188 valence electrons. The van der Waals surface area contributed by atoms with Gasteiger partial charge in [-0.05, 0) is 42.5 Å². The zero-order chi connectivity index (χ0) is 25.6. The topological polar surface area (TPSA) is 79.7 Å². The van der Waals surface area contributed by atoms with Crippen molar-refractivity contribution in [3.8, 4) is 16.9 Å². The lowest BCUT2D eigenvalue weighted by molar-refractivity contribution is -0.116. The third-order valence-corrected chi connectivity index (χ3v) is 6.25. The maximum atomic E-state index is 13.5. The molecule has 1 aliphatic rings. The summed E-state index contributed by atoms with van der Waals surface area (Å²) in [5.74, 6) is -0.569. The van der Waals surface area contributed by atoms with Crippen molar-refractivity contribution in [2.75, 3.05) is 50.1 Å². The van der Waals surface area contributed by atoms with Gasteiger partial charge in [0.25, 0.3) is 5.91 Å². The maximum Gasteiger partial charge on any atom is 0.272 e. The second kappa shape index (κ2) is 11.1. The van der Waals surface area contributed by atoms with Crippen LogP contribution < -0.4 is 10.2 Å². The molecule has 8 nitrogen and oxygen atoms in total. The summed E-state index contributed by atoms with van der Waals surface area (Å²) in [6.07, 6.45) is 0. The minimum absolute atomic E-state index is 0.0926. The number of hydrogen-bond donors (Lipinski definition) is 1. The van der Waals surface area contributed by atoms with E-state index in [0.29, 0.717) is 17.1 Å². The molecule has 1 aliphatic heterocycles. The van der Waals surface area contributed by atoms with Crippen molar-refractivity contribution >= 4 is 23.2 Å². The summed E-state index contributed by atoms with van der Waals surface area (Å²) in [7, 11) is 1.62. The van der Waals surface area contributed by atoms with Crippen LogP contribution in [0.3, 0.4) is 0 Å². The molecule has 2 amide bonds. The molecule has 8 heteroatoms. The number of morpholine rings is 1. The van der Waals surface area contributed by atoms with Gasteiger partial charge in [0.15, 0.2) is 0 Å². The Morgan fingerprint density at radius 1 is 0.892 bits per heavy atom. The van der Waals surface area contributed by atoms with E-state index < -0.39 is 0 Å². The van der Waals surface area contributed by atoms with E-state index >= 15 is 0 Å². The Kier molecular flexibility index (Phi) is 7.28. The quantitative estimate of drug-likeness (QED) is 0.418. The summed E-state index contributed by atoms with van der Waals surface area (Å²) in [5.41, 5.74) is 4.53. The van der Waals surface area contributed by atoms with Gasteiger partial charge in [-0.1, -0.05) is 48.5 Å². The van der Waals surface area contributed by atoms with E-state index in [1.54, 1.807) is 17.8 Å². The third-order valence-electron chi connectivity index (χ3n) is 6.25. The molecular formula is C29H29N5O3. The second-order valence-electron chi connectivity index (χ2n) is 8.88. The molecule has 4 aromatic rings. The highest BCUT2D eigenvalue weighted by molar-refractivity contribution is 5.99. The number of amides is 2. The van der Waals surface area contributed by atoms with Gasteiger partial charge in [0.05, 0.1) is 31.1 Å². The van der Waals surface area contributed by atoms with Crippen molar-refractivity contribution in [3.05, 3.63) is 96.7 Å². The van der Waals surface area contributed by atoms with E-state index in [-0.39, 0.29) is 18.4 Å². The number of aromatic nitrogens is 2. The number of para-hydroxylation sites is 1. The number of ether oxygens (including phenoxy) is 1. The number of benzene rings is 3. The summed E-state index contributed by atoms with van der Waals surface area (Å²) in [5, 5.41) is 7.59. The van der Waals surface area contributed by atoms with Crippen LogP contribution >= 0.6 is 0 Å². The van der Waals surface area contributed by atoms with E-state index in [9.17, 15) is 9.59 Å². The molecule has 1 fully saturated rings. The van der Waals surface area contributed by atoms with Crippen molar-refractivity contribution in [2.45, 2.75) is 0 Å². The van der Waals surface area contributed by atoms with Gasteiger partial charge in [-0.15, -0.1) is 0 Å². The summed E-state index contributed by atoms with van der Waals surface area (Å²) in [6.45, 7) is 3.04. The number of rotatable bonds is 7. The molecule has 1 N–H and O–H groups in total. The van der Waals surface area contributed by atoms with Crippen LogP contribution in [0.4, 0.5) is 11.4 Å². The lowest BCUT2D eigenvalue weighted by Gasteiger charge is -2.28. The molecule has 0 saturated carbocycles. The molecule has 1 aromatic heterocycles. The van der Waals surface area contributed by atoms with Crippen LogP contribution in [0.1, 0.15) is 10.5 Å². The molecule has 3 aromatic carbocycles. The van der Waals surface area contributed by atoms with E-state index in [0.717, 1.165) is 43.2 Å². The lowest BCUT2D eigenvalue weighted by Crippen LogP contribution is -2.36. The van der Waals surface area contributed by atoms with Crippen LogP contribution in [0.2, 0.25) is 0 Å². The Hall–Kier alpha value is -4.43. The van der Waals surface area contributed by atoms with E-state index in [1.807, 2.05) is 84.9 Å². The molecule has 1 saturated heterocycles. The van der Waals surface area contributed by atoms with Gasteiger partial charge in [-0.3, -0.25) is 9.59 Å². The van der Waals surface area contributed by atoms with E-state index in [1.165, 1.54) is 4.90 Å². The first-order valence-electron chi connectivity index (χ1n) is 12.3. The predicted octanol–water partition coefficient (Wildman–Crippen LogP) is 4.09. The summed E-state index contributed by atoms with van der Waals surface area (Å²) < 4.78 is 7.03. The van der Waals surface area contributed by atoms with Crippen LogP contribution in [-0.4, -0.2) is 66.4 Å². The Morgan fingerprint density at radius 2 is 1.54 bits per heavy atom. The first-order chi connectivity index (χ1) is 18.1. The van der Waals surface area contributed by atoms with Crippen molar-refractivity contribution in [3.63, 3.8) is 0 Å².